The molecule has 176 valence electrons. The molecule has 0 unspecified atom stereocenters. The third-order valence-electron chi connectivity index (χ3n) is 6.95. The third kappa shape index (κ3) is 3.69. The van der Waals surface area contributed by atoms with E-state index in [0.29, 0.717) is 29.9 Å². The first-order valence-electron chi connectivity index (χ1n) is 11.7. The number of fused-ring (bicyclic) bond motifs is 2. The number of benzene rings is 2. The Labute approximate surface area is 196 Å². The van der Waals surface area contributed by atoms with E-state index in [9.17, 15) is 14.4 Å². The zero-order chi connectivity index (χ0) is 23.8. The van der Waals surface area contributed by atoms with Crippen molar-refractivity contribution in [3.63, 3.8) is 0 Å². The molecular formula is C26H28N4O4. The second-order valence-electron chi connectivity index (χ2n) is 8.75. The molecule has 8 nitrogen and oxygen atoms in total. The van der Waals surface area contributed by atoms with Crippen molar-refractivity contribution < 1.29 is 9.53 Å². The van der Waals surface area contributed by atoms with E-state index in [1.165, 1.54) is 14.7 Å². The molecular weight excluding hydrogens is 432 g/mol. The molecule has 0 aliphatic carbocycles. The second-order valence-corrected chi connectivity index (χ2v) is 8.75. The quantitative estimate of drug-likeness (QED) is 0.496. The molecule has 34 heavy (non-hydrogen) atoms. The Morgan fingerprint density at radius 1 is 1.06 bits per heavy atom. The molecule has 3 heterocycles. The van der Waals surface area contributed by atoms with Crippen molar-refractivity contribution in [3.05, 3.63) is 75.1 Å². The first-order chi connectivity index (χ1) is 16.5. The van der Waals surface area contributed by atoms with E-state index in [0.717, 1.165) is 29.5 Å². The van der Waals surface area contributed by atoms with E-state index < -0.39 is 5.69 Å². The Balaban J connectivity index is 1.35. The zero-order valence-electron chi connectivity index (χ0n) is 19.4. The average molecular weight is 461 g/mol. The lowest BCUT2D eigenvalue weighted by atomic mass is 9.89. The van der Waals surface area contributed by atoms with Gasteiger partial charge in [0.05, 0.1) is 18.0 Å². The highest BCUT2D eigenvalue weighted by Crippen LogP contribution is 2.34. The summed E-state index contributed by atoms with van der Waals surface area (Å²) in [5.74, 6) is 1.06. The lowest BCUT2D eigenvalue weighted by molar-refractivity contribution is -0.132. The van der Waals surface area contributed by atoms with Gasteiger partial charge in [0.1, 0.15) is 12.3 Å². The minimum Gasteiger partial charge on any atom is -0.497 e. The van der Waals surface area contributed by atoms with Crippen LogP contribution in [0, 0.1) is 0 Å². The number of carbonyl (C=O) groups is 1. The first-order valence-corrected chi connectivity index (χ1v) is 11.7. The van der Waals surface area contributed by atoms with Gasteiger partial charge >= 0.3 is 5.69 Å². The van der Waals surface area contributed by atoms with Gasteiger partial charge in [0.2, 0.25) is 5.91 Å². The third-order valence-corrected chi connectivity index (χ3v) is 6.95. The molecule has 4 aromatic rings. The summed E-state index contributed by atoms with van der Waals surface area (Å²) < 4.78 is 8.01. The monoisotopic (exact) mass is 460 g/mol. The van der Waals surface area contributed by atoms with Crippen LogP contribution in [0.2, 0.25) is 0 Å². The Kier molecular flexibility index (Phi) is 5.73. The van der Waals surface area contributed by atoms with Crippen LogP contribution in [0.3, 0.4) is 0 Å². The van der Waals surface area contributed by atoms with Crippen LogP contribution in [0.15, 0.2) is 58.3 Å². The maximum atomic E-state index is 13.2. The molecule has 2 aromatic heterocycles. The minimum absolute atomic E-state index is 0.0748. The van der Waals surface area contributed by atoms with Crippen molar-refractivity contribution in [3.8, 4) is 5.75 Å². The molecule has 1 N–H and O–H groups in total. The first kappa shape index (κ1) is 22.0. The largest absolute Gasteiger partial charge is 0.497 e. The van der Waals surface area contributed by atoms with Crippen molar-refractivity contribution in [2.24, 2.45) is 0 Å². The summed E-state index contributed by atoms with van der Waals surface area (Å²) in [6, 6.07) is 13.0. The second kappa shape index (κ2) is 8.85. The number of aromatic amines is 1. The van der Waals surface area contributed by atoms with E-state index in [1.54, 1.807) is 38.3 Å². The number of H-pyrrole nitrogens is 1. The fraction of sp³-hybridized carbons (Fsp3) is 0.346. The highest BCUT2D eigenvalue weighted by molar-refractivity contribution is 5.85. The Morgan fingerprint density at radius 2 is 1.82 bits per heavy atom. The number of nitrogens with zero attached hydrogens (tertiary/aromatic N) is 3. The number of piperidine rings is 1. The van der Waals surface area contributed by atoms with E-state index in [-0.39, 0.29) is 24.6 Å². The van der Waals surface area contributed by atoms with E-state index in [4.69, 9.17) is 4.74 Å². The smallest absolute Gasteiger partial charge is 0.331 e. The Hall–Kier alpha value is -3.81. The summed E-state index contributed by atoms with van der Waals surface area (Å²) in [6.45, 7) is 3.20. The molecule has 2 aromatic carbocycles. The van der Waals surface area contributed by atoms with Gasteiger partial charge < -0.3 is 14.6 Å². The molecule has 0 radical (unpaired) electrons. The number of amides is 1. The Morgan fingerprint density at radius 3 is 2.56 bits per heavy atom. The van der Waals surface area contributed by atoms with E-state index in [1.807, 2.05) is 17.0 Å². The molecule has 1 aliphatic rings. The van der Waals surface area contributed by atoms with Gasteiger partial charge in [-0.05, 0) is 61.6 Å². The van der Waals surface area contributed by atoms with Crippen LogP contribution in [-0.2, 0) is 17.9 Å². The summed E-state index contributed by atoms with van der Waals surface area (Å²) in [5.41, 5.74) is 2.06. The van der Waals surface area contributed by atoms with Gasteiger partial charge in [0.25, 0.3) is 5.56 Å². The Bertz CT molecular complexity index is 1490. The standard InChI is InChI=1S/C26H28N4O4/c1-3-29-25(32)19-6-4-5-7-23(19)30(26(29)33)16-24(31)28-12-10-17(11-13-28)21-15-27-22-9-8-18(34-2)14-20(21)22/h4-9,14-15,17,27H,3,10-13,16H2,1-2H3. The summed E-state index contributed by atoms with van der Waals surface area (Å²) in [6.07, 6.45) is 3.76. The van der Waals surface area contributed by atoms with Gasteiger partial charge in [-0.1, -0.05) is 12.1 Å². The number of nitrogens with one attached hydrogen (secondary N) is 1. The molecule has 0 atom stereocenters. The number of hydrogen-bond donors (Lipinski definition) is 1. The predicted molar refractivity (Wildman–Crippen MR) is 132 cm³/mol. The van der Waals surface area contributed by atoms with E-state index in [2.05, 4.69) is 17.2 Å². The fourth-order valence-electron chi connectivity index (χ4n) is 5.06. The predicted octanol–water partition coefficient (Wildman–Crippen LogP) is 3.08. The normalized spacial score (nSPS) is 14.7. The number of rotatable bonds is 5. The van der Waals surface area contributed by atoms with Crippen molar-refractivity contribution in [1.82, 2.24) is 19.0 Å². The molecule has 5 rings (SSSR count). The zero-order valence-corrected chi connectivity index (χ0v) is 19.4. The van der Waals surface area contributed by atoms with Gasteiger partial charge in [-0.3, -0.25) is 18.7 Å². The molecule has 8 heteroatoms. The van der Waals surface area contributed by atoms with Gasteiger partial charge in [0.15, 0.2) is 0 Å². The molecule has 1 aliphatic heterocycles. The summed E-state index contributed by atoms with van der Waals surface area (Å²) in [4.78, 5) is 44.0. The maximum absolute atomic E-state index is 13.2. The molecule has 0 spiro atoms. The maximum Gasteiger partial charge on any atom is 0.331 e. The number of ether oxygens (including phenoxy) is 1. The molecule has 0 saturated carbocycles. The molecule has 1 saturated heterocycles. The van der Waals surface area contributed by atoms with E-state index >= 15 is 0 Å². The van der Waals surface area contributed by atoms with Crippen LogP contribution in [0.4, 0.5) is 0 Å². The average Bonchev–Trinajstić information content (AvgIpc) is 3.30. The van der Waals surface area contributed by atoms with Crippen LogP contribution >= 0.6 is 0 Å². The van der Waals surface area contributed by atoms with Crippen molar-refractivity contribution in [2.75, 3.05) is 20.2 Å². The van der Waals surface area contributed by atoms with Crippen LogP contribution in [-0.4, -0.2) is 45.1 Å². The molecule has 0 bridgehead atoms. The summed E-state index contributed by atoms with van der Waals surface area (Å²) >= 11 is 0. The van der Waals surface area contributed by atoms with Gasteiger partial charge in [-0.2, -0.15) is 0 Å². The number of hydrogen-bond acceptors (Lipinski definition) is 4. The van der Waals surface area contributed by atoms with Crippen LogP contribution in [0.25, 0.3) is 21.8 Å². The van der Waals surface area contributed by atoms with Crippen LogP contribution in [0.1, 0.15) is 31.2 Å². The van der Waals surface area contributed by atoms with Gasteiger partial charge in [-0.15, -0.1) is 0 Å². The van der Waals surface area contributed by atoms with Crippen molar-refractivity contribution >= 4 is 27.7 Å². The number of aromatic nitrogens is 3. The van der Waals surface area contributed by atoms with Crippen molar-refractivity contribution in [1.29, 1.82) is 0 Å². The topological polar surface area (TPSA) is 89.3 Å². The molecule has 1 fully saturated rings. The lowest BCUT2D eigenvalue weighted by Crippen LogP contribution is -2.44. The summed E-state index contributed by atoms with van der Waals surface area (Å²) in [5, 5.41) is 1.61. The van der Waals surface area contributed by atoms with Crippen molar-refractivity contribution in [2.45, 2.75) is 38.8 Å². The highest BCUT2D eigenvalue weighted by Gasteiger charge is 2.26. The van der Waals surface area contributed by atoms with Gasteiger partial charge in [-0.25, -0.2) is 4.79 Å². The number of para-hydroxylation sites is 1. The van der Waals surface area contributed by atoms with Crippen LogP contribution < -0.4 is 16.0 Å². The minimum atomic E-state index is -0.442. The summed E-state index contributed by atoms with van der Waals surface area (Å²) in [7, 11) is 1.67. The highest BCUT2D eigenvalue weighted by atomic mass is 16.5. The van der Waals surface area contributed by atoms with Gasteiger partial charge in [0, 0.05) is 36.7 Å². The number of carbonyl (C=O) groups excluding carboxylic acids is 1. The lowest BCUT2D eigenvalue weighted by Gasteiger charge is -2.32. The number of likely N-dealkylation sites (tertiary alicyclic amines) is 1. The van der Waals surface area contributed by atoms with Crippen LogP contribution in [0.5, 0.6) is 5.75 Å². The molecule has 1 amide bonds. The fourth-order valence-corrected chi connectivity index (χ4v) is 5.06. The number of methoxy groups -OCH3 is 1. The SMILES string of the molecule is CCn1c(=O)c2ccccc2n(CC(=O)N2CCC(c3c[nH]c4ccc(OC)cc34)CC2)c1=O.